The molecule has 0 amide bonds. The molecule has 0 aliphatic carbocycles. The van der Waals surface area contributed by atoms with Crippen LogP contribution in [-0.2, 0) is 7.05 Å². The van der Waals surface area contributed by atoms with Gasteiger partial charge in [-0.3, -0.25) is 4.68 Å². The van der Waals surface area contributed by atoms with Gasteiger partial charge in [-0.1, -0.05) is 0 Å². The zero-order valence-corrected chi connectivity index (χ0v) is 11.6. The van der Waals surface area contributed by atoms with Gasteiger partial charge in [0.25, 0.3) is 0 Å². The summed E-state index contributed by atoms with van der Waals surface area (Å²) < 4.78 is 8.76. The first-order chi connectivity index (χ1) is 10.3. The van der Waals surface area contributed by atoms with Gasteiger partial charge in [-0.15, -0.1) is 5.10 Å². The van der Waals surface area contributed by atoms with Crippen LogP contribution in [0.25, 0.3) is 28.3 Å². The molecule has 0 unspecified atom stereocenters. The summed E-state index contributed by atoms with van der Waals surface area (Å²) in [5.41, 5.74) is 1.34. The molecule has 106 valence electrons. The molecular formula is C13H13N7O. The van der Waals surface area contributed by atoms with Crippen molar-refractivity contribution in [3.63, 3.8) is 0 Å². The van der Waals surface area contributed by atoms with Crippen LogP contribution in [0.1, 0.15) is 6.92 Å². The van der Waals surface area contributed by atoms with Crippen LogP contribution in [0.5, 0.6) is 0 Å². The molecular weight excluding hydrogens is 270 g/mol. The number of hydrogen-bond acceptors (Lipinski definition) is 6. The van der Waals surface area contributed by atoms with Crippen molar-refractivity contribution in [2.24, 2.45) is 7.05 Å². The monoisotopic (exact) mass is 283 g/mol. The zero-order chi connectivity index (χ0) is 14.4. The molecule has 0 spiro atoms. The van der Waals surface area contributed by atoms with E-state index in [9.17, 15) is 0 Å². The van der Waals surface area contributed by atoms with Crippen LogP contribution < -0.4 is 5.32 Å². The standard InChI is InChI=1S/C13H13N7O/c1-3-14-12-9-11(17-19(12)2)15-7-20-13(9)16-10(18-20)8-5-4-6-21-8/h4-7,14H,3H2,1-2H3. The fraction of sp³-hybridized carbons (Fsp3) is 0.231. The Morgan fingerprint density at radius 2 is 2.24 bits per heavy atom. The lowest BCUT2D eigenvalue weighted by molar-refractivity contribution is 0.577. The summed E-state index contributed by atoms with van der Waals surface area (Å²) >= 11 is 0. The van der Waals surface area contributed by atoms with E-state index in [-0.39, 0.29) is 0 Å². The van der Waals surface area contributed by atoms with Crippen molar-refractivity contribution in [2.45, 2.75) is 6.92 Å². The van der Waals surface area contributed by atoms with E-state index >= 15 is 0 Å². The lowest BCUT2D eigenvalue weighted by Crippen LogP contribution is -2.03. The maximum Gasteiger partial charge on any atom is 0.217 e. The van der Waals surface area contributed by atoms with Crippen molar-refractivity contribution in [1.82, 2.24) is 29.4 Å². The minimum Gasteiger partial charge on any atom is -0.461 e. The molecule has 4 rings (SSSR count). The van der Waals surface area contributed by atoms with Crippen molar-refractivity contribution < 1.29 is 4.42 Å². The van der Waals surface area contributed by atoms with Gasteiger partial charge in [-0.2, -0.15) is 5.10 Å². The summed E-state index contributed by atoms with van der Waals surface area (Å²) in [6.45, 7) is 2.82. The molecule has 4 aromatic rings. The highest BCUT2D eigenvalue weighted by Gasteiger charge is 2.17. The Morgan fingerprint density at radius 3 is 3.00 bits per heavy atom. The minimum atomic E-state index is 0.528. The van der Waals surface area contributed by atoms with Gasteiger partial charge in [-0.05, 0) is 19.1 Å². The molecule has 8 nitrogen and oxygen atoms in total. The zero-order valence-electron chi connectivity index (χ0n) is 11.6. The Morgan fingerprint density at radius 1 is 1.33 bits per heavy atom. The Hall–Kier alpha value is -2.90. The summed E-state index contributed by atoms with van der Waals surface area (Å²) in [6, 6.07) is 3.64. The van der Waals surface area contributed by atoms with Gasteiger partial charge in [0.2, 0.25) is 5.82 Å². The average molecular weight is 283 g/mol. The fourth-order valence-electron chi connectivity index (χ4n) is 2.37. The summed E-state index contributed by atoms with van der Waals surface area (Å²) in [5, 5.41) is 12.9. The summed E-state index contributed by atoms with van der Waals surface area (Å²) in [6.07, 6.45) is 3.21. The molecule has 4 heterocycles. The second-order valence-electron chi connectivity index (χ2n) is 4.63. The van der Waals surface area contributed by atoms with Crippen LogP contribution in [-0.4, -0.2) is 35.9 Å². The number of fused-ring (bicyclic) bond motifs is 3. The highest BCUT2D eigenvalue weighted by molar-refractivity contribution is 5.98. The van der Waals surface area contributed by atoms with E-state index in [1.165, 1.54) is 0 Å². The van der Waals surface area contributed by atoms with Crippen LogP contribution in [0, 0.1) is 0 Å². The Balaban J connectivity index is 2.04. The lowest BCUT2D eigenvalue weighted by Gasteiger charge is -2.02. The number of aryl methyl sites for hydroxylation is 1. The van der Waals surface area contributed by atoms with E-state index in [4.69, 9.17) is 4.42 Å². The second-order valence-corrected chi connectivity index (χ2v) is 4.63. The van der Waals surface area contributed by atoms with Crippen LogP contribution in [0.4, 0.5) is 5.82 Å². The van der Waals surface area contributed by atoms with Crippen LogP contribution in [0.15, 0.2) is 29.1 Å². The maximum atomic E-state index is 5.35. The van der Waals surface area contributed by atoms with Crippen LogP contribution in [0.2, 0.25) is 0 Å². The summed E-state index contributed by atoms with van der Waals surface area (Å²) in [7, 11) is 1.87. The Bertz CT molecular complexity index is 919. The largest absolute Gasteiger partial charge is 0.461 e. The highest BCUT2D eigenvalue weighted by Crippen LogP contribution is 2.26. The fourth-order valence-corrected chi connectivity index (χ4v) is 2.37. The first-order valence-corrected chi connectivity index (χ1v) is 6.63. The third-order valence-corrected chi connectivity index (χ3v) is 3.26. The number of hydrogen-bond donors (Lipinski definition) is 1. The Labute approximate surface area is 119 Å². The lowest BCUT2D eigenvalue weighted by atomic mass is 10.3. The molecule has 4 aromatic heterocycles. The maximum absolute atomic E-state index is 5.35. The summed E-state index contributed by atoms with van der Waals surface area (Å²) in [5.74, 6) is 2.03. The molecule has 8 heteroatoms. The minimum absolute atomic E-state index is 0.528. The van der Waals surface area contributed by atoms with E-state index in [2.05, 4.69) is 25.5 Å². The van der Waals surface area contributed by atoms with Crippen molar-refractivity contribution in [2.75, 3.05) is 11.9 Å². The van der Waals surface area contributed by atoms with E-state index in [1.54, 1.807) is 21.8 Å². The molecule has 0 aliphatic heterocycles. The molecule has 0 bridgehead atoms. The number of nitrogens with one attached hydrogen (secondary N) is 1. The molecule has 0 fully saturated rings. The first-order valence-electron chi connectivity index (χ1n) is 6.63. The van der Waals surface area contributed by atoms with Gasteiger partial charge in [0.1, 0.15) is 17.5 Å². The van der Waals surface area contributed by atoms with Gasteiger partial charge in [0, 0.05) is 13.6 Å². The molecule has 1 N–H and O–H groups in total. The normalized spacial score (nSPS) is 11.5. The quantitative estimate of drug-likeness (QED) is 0.616. The number of furan rings is 1. The van der Waals surface area contributed by atoms with Gasteiger partial charge in [0.15, 0.2) is 17.1 Å². The third kappa shape index (κ3) is 1.69. The highest BCUT2D eigenvalue weighted by atomic mass is 16.3. The average Bonchev–Trinajstić information content (AvgIpc) is 3.17. The summed E-state index contributed by atoms with van der Waals surface area (Å²) in [4.78, 5) is 8.89. The number of rotatable bonds is 3. The number of aromatic nitrogens is 6. The number of anilines is 1. The van der Waals surface area contributed by atoms with E-state index in [1.807, 2.05) is 26.1 Å². The predicted octanol–water partition coefficient (Wildman–Crippen LogP) is 1.70. The third-order valence-electron chi connectivity index (χ3n) is 3.26. The van der Waals surface area contributed by atoms with Crippen LogP contribution in [0.3, 0.4) is 0 Å². The second kappa shape index (κ2) is 4.30. The first kappa shape index (κ1) is 11.9. The predicted molar refractivity (Wildman–Crippen MR) is 76.9 cm³/mol. The van der Waals surface area contributed by atoms with Crippen molar-refractivity contribution in [3.8, 4) is 11.6 Å². The van der Waals surface area contributed by atoms with E-state index in [0.29, 0.717) is 22.9 Å². The number of nitrogens with zero attached hydrogens (tertiary/aromatic N) is 6. The van der Waals surface area contributed by atoms with E-state index < -0.39 is 0 Å². The molecule has 0 radical (unpaired) electrons. The van der Waals surface area contributed by atoms with Gasteiger partial charge < -0.3 is 9.73 Å². The van der Waals surface area contributed by atoms with Crippen molar-refractivity contribution in [1.29, 1.82) is 0 Å². The van der Waals surface area contributed by atoms with Crippen molar-refractivity contribution >= 4 is 22.5 Å². The van der Waals surface area contributed by atoms with Gasteiger partial charge >= 0.3 is 0 Å². The van der Waals surface area contributed by atoms with Crippen LogP contribution >= 0.6 is 0 Å². The molecule has 0 atom stereocenters. The van der Waals surface area contributed by atoms with Gasteiger partial charge in [0.05, 0.1) is 6.26 Å². The Kier molecular flexibility index (Phi) is 2.44. The van der Waals surface area contributed by atoms with Crippen molar-refractivity contribution in [3.05, 3.63) is 24.7 Å². The van der Waals surface area contributed by atoms with Gasteiger partial charge in [-0.25, -0.2) is 14.5 Å². The molecule has 21 heavy (non-hydrogen) atoms. The SMILES string of the molecule is CCNc1c2c(ncn3nc(-c4ccco4)nc23)nn1C. The molecule has 0 aliphatic rings. The molecule has 0 saturated carbocycles. The molecule has 0 aromatic carbocycles. The topological polar surface area (TPSA) is 86.1 Å². The van der Waals surface area contributed by atoms with E-state index in [0.717, 1.165) is 17.7 Å². The molecule has 0 saturated heterocycles. The smallest absolute Gasteiger partial charge is 0.217 e.